The molecule has 32 heavy (non-hydrogen) atoms. The van der Waals surface area contributed by atoms with Crippen molar-refractivity contribution in [3.05, 3.63) is 41.0 Å². The van der Waals surface area contributed by atoms with Gasteiger partial charge in [-0.1, -0.05) is 28.9 Å². The number of benzene rings is 1. The molecule has 0 spiro atoms. The highest BCUT2D eigenvalue weighted by Gasteiger charge is 2.26. The zero-order valence-electron chi connectivity index (χ0n) is 17.9. The van der Waals surface area contributed by atoms with E-state index < -0.39 is 0 Å². The Morgan fingerprint density at radius 1 is 1.12 bits per heavy atom. The zero-order valence-corrected chi connectivity index (χ0v) is 18.7. The molecule has 2 atom stereocenters. The highest BCUT2D eigenvalue weighted by atomic mass is 35.5. The molecule has 0 radical (unpaired) electrons. The van der Waals surface area contributed by atoms with Crippen molar-refractivity contribution in [1.29, 1.82) is 0 Å². The number of nitrogens with one attached hydrogen (secondary N) is 1. The van der Waals surface area contributed by atoms with E-state index in [1.54, 1.807) is 29.2 Å². The first-order valence-corrected chi connectivity index (χ1v) is 11.5. The van der Waals surface area contributed by atoms with Gasteiger partial charge in [0.05, 0.1) is 12.2 Å². The molecule has 0 bridgehead atoms. The van der Waals surface area contributed by atoms with Gasteiger partial charge in [-0.3, -0.25) is 9.59 Å². The molecule has 2 aromatic rings. The highest BCUT2D eigenvalue weighted by molar-refractivity contribution is 6.30. The summed E-state index contributed by atoms with van der Waals surface area (Å²) < 4.78 is 16.6. The monoisotopic (exact) mass is 461 g/mol. The third-order valence-electron chi connectivity index (χ3n) is 5.73. The Hall–Kier alpha value is -2.42. The molecule has 172 valence electrons. The number of halogens is 1. The Kier molecular flexibility index (Phi) is 7.78. The first-order valence-electron chi connectivity index (χ1n) is 11.1. The van der Waals surface area contributed by atoms with Crippen LogP contribution in [0.15, 0.2) is 34.9 Å². The standard InChI is InChI=1S/C23H28ClN3O5/c24-17-5-1-4-16(12-17)21-13-20(26-32-21)23(29)27(15-19-7-3-11-31-19)9-8-22(28)25-14-18-6-2-10-30-18/h1,4-5,12-13,18-19H,2-3,6-11,14-15H2,(H,25,28)/t18-,19+/m1/s1. The van der Waals surface area contributed by atoms with Crippen LogP contribution in [-0.2, 0) is 14.3 Å². The number of hydrogen-bond donors (Lipinski definition) is 1. The van der Waals surface area contributed by atoms with E-state index in [-0.39, 0.29) is 42.7 Å². The maximum Gasteiger partial charge on any atom is 0.276 e. The van der Waals surface area contributed by atoms with Crippen LogP contribution in [0.5, 0.6) is 0 Å². The van der Waals surface area contributed by atoms with Crippen molar-refractivity contribution in [3.63, 3.8) is 0 Å². The Bertz CT molecular complexity index is 922. The van der Waals surface area contributed by atoms with E-state index in [0.717, 1.165) is 37.9 Å². The smallest absolute Gasteiger partial charge is 0.276 e. The largest absolute Gasteiger partial charge is 0.376 e. The van der Waals surface area contributed by atoms with Crippen LogP contribution >= 0.6 is 11.6 Å². The maximum atomic E-state index is 13.2. The van der Waals surface area contributed by atoms with Gasteiger partial charge in [0.1, 0.15) is 0 Å². The van der Waals surface area contributed by atoms with Gasteiger partial charge >= 0.3 is 0 Å². The third kappa shape index (κ3) is 6.09. The summed E-state index contributed by atoms with van der Waals surface area (Å²) in [5.41, 5.74) is 0.931. The SMILES string of the molecule is O=C(CCN(C[C@@H]1CCCO1)C(=O)c1cc(-c2cccc(Cl)c2)on1)NC[C@H]1CCCO1. The maximum absolute atomic E-state index is 13.2. The Balaban J connectivity index is 1.38. The van der Waals surface area contributed by atoms with Crippen LogP contribution < -0.4 is 5.32 Å². The second kappa shape index (κ2) is 10.9. The minimum absolute atomic E-state index is 0.0341. The molecule has 1 aromatic heterocycles. The molecular weight excluding hydrogens is 434 g/mol. The van der Waals surface area contributed by atoms with Crippen LogP contribution in [0.3, 0.4) is 0 Å². The van der Waals surface area contributed by atoms with Crippen LogP contribution in [0.25, 0.3) is 11.3 Å². The molecule has 0 unspecified atom stereocenters. The molecule has 2 fully saturated rings. The number of hydrogen-bond acceptors (Lipinski definition) is 6. The Morgan fingerprint density at radius 3 is 2.62 bits per heavy atom. The van der Waals surface area contributed by atoms with Gasteiger partial charge in [-0.15, -0.1) is 0 Å². The van der Waals surface area contributed by atoms with E-state index in [4.69, 9.17) is 25.6 Å². The van der Waals surface area contributed by atoms with Crippen molar-refractivity contribution in [3.8, 4) is 11.3 Å². The predicted molar refractivity (Wildman–Crippen MR) is 118 cm³/mol. The summed E-state index contributed by atoms with van der Waals surface area (Å²) in [4.78, 5) is 27.2. The normalized spacial score (nSPS) is 20.4. The van der Waals surface area contributed by atoms with Gasteiger partial charge < -0.3 is 24.2 Å². The van der Waals surface area contributed by atoms with E-state index in [2.05, 4.69) is 10.5 Å². The summed E-state index contributed by atoms with van der Waals surface area (Å²) in [7, 11) is 0. The molecule has 2 aliphatic rings. The zero-order chi connectivity index (χ0) is 22.3. The average Bonchev–Trinajstić information content (AvgIpc) is 3.57. The van der Waals surface area contributed by atoms with Crippen LogP contribution in [0.2, 0.25) is 5.02 Å². The number of ether oxygens (including phenoxy) is 2. The van der Waals surface area contributed by atoms with Gasteiger partial charge in [0, 0.05) is 55.9 Å². The fraction of sp³-hybridized carbons (Fsp3) is 0.522. The number of carbonyl (C=O) groups is 2. The Morgan fingerprint density at radius 2 is 1.91 bits per heavy atom. The molecule has 0 saturated carbocycles. The van der Waals surface area contributed by atoms with Crippen molar-refractivity contribution in [2.24, 2.45) is 0 Å². The third-order valence-corrected chi connectivity index (χ3v) is 5.97. The van der Waals surface area contributed by atoms with Crippen LogP contribution in [0, 0.1) is 0 Å². The van der Waals surface area contributed by atoms with Gasteiger partial charge in [0.2, 0.25) is 5.91 Å². The fourth-order valence-corrected chi connectivity index (χ4v) is 4.17. The van der Waals surface area contributed by atoms with Crippen molar-refractivity contribution < 1.29 is 23.6 Å². The number of rotatable bonds is 9. The minimum atomic E-state index is -0.288. The number of aromatic nitrogens is 1. The summed E-state index contributed by atoms with van der Waals surface area (Å²) in [5.74, 6) is 0.0667. The van der Waals surface area contributed by atoms with E-state index in [1.807, 2.05) is 6.07 Å². The van der Waals surface area contributed by atoms with E-state index in [1.165, 1.54) is 0 Å². The van der Waals surface area contributed by atoms with E-state index in [9.17, 15) is 9.59 Å². The lowest BCUT2D eigenvalue weighted by Crippen LogP contribution is -2.40. The summed E-state index contributed by atoms with van der Waals surface area (Å²) in [6.45, 7) is 2.63. The quantitative estimate of drug-likeness (QED) is 0.615. The second-order valence-electron chi connectivity index (χ2n) is 8.16. The molecule has 1 aromatic carbocycles. The summed E-state index contributed by atoms with van der Waals surface area (Å²) in [5, 5.41) is 7.44. The summed E-state index contributed by atoms with van der Waals surface area (Å²) in [6.07, 6.45) is 4.10. The molecule has 2 saturated heterocycles. The first-order chi connectivity index (χ1) is 15.6. The van der Waals surface area contributed by atoms with Gasteiger partial charge in [0.25, 0.3) is 5.91 Å². The summed E-state index contributed by atoms with van der Waals surface area (Å²) >= 11 is 6.05. The molecular formula is C23H28ClN3O5. The van der Waals surface area contributed by atoms with E-state index >= 15 is 0 Å². The van der Waals surface area contributed by atoms with Gasteiger partial charge in [0.15, 0.2) is 11.5 Å². The van der Waals surface area contributed by atoms with Crippen molar-refractivity contribution in [2.45, 2.75) is 44.3 Å². The fourth-order valence-electron chi connectivity index (χ4n) is 3.98. The Labute approximate surface area is 192 Å². The lowest BCUT2D eigenvalue weighted by molar-refractivity contribution is -0.121. The lowest BCUT2D eigenvalue weighted by atomic mass is 10.1. The van der Waals surface area contributed by atoms with E-state index in [0.29, 0.717) is 30.5 Å². The van der Waals surface area contributed by atoms with Gasteiger partial charge in [-0.25, -0.2) is 0 Å². The lowest BCUT2D eigenvalue weighted by Gasteiger charge is -2.24. The molecule has 0 aliphatic carbocycles. The molecule has 4 rings (SSSR count). The van der Waals surface area contributed by atoms with Crippen molar-refractivity contribution in [2.75, 3.05) is 32.8 Å². The highest BCUT2D eigenvalue weighted by Crippen LogP contribution is 2.24. The van der Waals surface area contributed by atoms with Crippen molar-refractivity contribution in [1.82, 2.24) is 15.4 Å². The molecule has 8 nitrogen and oxygen atoms in total. The molecule has 2 amide bonds. The topological polar surface area (TPSA) is 93.9 Å². The van der Waals surface area contributed by atoms with Gasteiger partial charge in [-0.2, -0.15) is 0 Å². The molecule has 9 heteroatoms. The molecule has 1 N–H and O–H groups in total. The van der Waals surface area contributed by atoms with Crippen molar-refractivity contribution >= 4 is 23.4 Å². The molecule has 3 heterocycles. The molecule has 2 aliphatic heterocycles. The second-order valence-corrected chi connectivity index (χ2v) is 8.60. The minimum Gasteiger partial charge on any atom is -0.376 e. The van der Waals surface area contributed by atoms with Crippen LogP contribution in [0.4, 0.5) is 0 Å². The number of nitrogens with zero attached hydrogens (tertiary/aromatic N) is 2. The van der Waals surface area contributed by atoms with Crippen LogP contribution in [-0.4, -0.2) is 66.9 Å². The average molecular weight is 462 g/mol. The van der Waals surface area contributed by atoms with Gasteiger partial charge in [-0.05, 0) is 37.8 Å². The summed E-state index contributed by atoms with van der Waals surface area (Å²) in [6, 6.07) is 8.76. The van der Waals surface area contributed by atoms with Crippen LogP contribution in [0.1, 0.15) is 42.6 Å². The first kappa shape index (κ1) is 22.8. The number of carbonyl (C=O) groups excluding carboxylic acids is 2. The predicted octanol–water partition coefficient (Wildman–Crippen LogP) is 3.30. The number of amides is 2.